The van der Waals surface area contributed by atoms with Crippen molar-refractivity contribution in [1.29, 1.82) is 0 Å². The highest BCUT2D eigenvalue weighted by atomic mass is 35.5. The summed E-state index contributed by atoms with van der Waals surface area (Å²) < 4.78 is 15.8. The number of nitrogens with zero attached hydrogens (tertiary/aromatic N) is 4. The minimum atomic E-state index is -0.548. The average molecular weight is 455 g/mol. The third-order valence-corrected chi connectivity index (χ3v) is 6.17. The predicted molar refractivity (Wildman–Crippen MR) is 121 cm³/mol. The second-order valence-corrected chi connectivity index (χ2v) is 8.30. The molecule has 0 saturated carbocycles. The highest BCUT2D eigenvalue weighted by Crippen LogP contribution is 2.22. The van der Waals surface area contributed by atoms with Crippen LogP contribution in [0.2, 0.25) is 5.02 Å². The molecule has 1 aliphatic heterocycles. The van der Waals surface area contributed by atoms with E-state index in [1.807, 2.05) is 35.2 Å². The molecule has 4 rings (SSSR count). The van der Waals surface area contributed by atoms with Crippen LogP contribution in [0, 0.1) is 19.7 Å². The van der Waals surface area contributed by atoms with Crippen LogP contribution in [-0.4, -0.2) is 57.4 Å². The van der Waals surface area contributed by atoms with Crippen LogP contribution in [0.5, 0.6) is 0 Å². The normalized spacial score (nSPS) is 14.6. The number of aryl methyl sites for hydroxylation is 1. The van der Waals surface area contributed by atoms with Crippen molar-refractivity contribution in [3.05, 3.63) is 81.9 Å². The van der Waals surface area contributed by atoms with E-state index < -0.39 is 11.7 Å². The van der Waals surface area contributed by atoms with Crippen molar-refractivity contribution in [2.45, 2.75) is 20.4 Å². The largest absolute Gasteiger partial charge is 0.333 e. The Bertz CT molecular complexity index is 1130. The highest BCUT2D eigenvalue weighted by molar-refractivity contribution is 6.43. The number of hydrogen-bond donors (Lipinski definition) is 0. The minimum absolute atomic E-state index is 0.340. The maximum atomic E-state index is 14.1. The molecular weight excluding hydrogens is 431 g/mol. The van der Waals surface area contributed by atoms with Gasteiger partial charge >= 0.3 is 0 Å². The number of ketones is 1. The zero-order valence-electron chi connectivity index (χ0n) is 18.0. The Balaban J connectivity index is 1.44. The lowest BCUT2D eigenvalue weighted by molar-refractivity contribution is -0.128. The van der Waals surface area contributed by atoms with Gasteiger partial charge < -0.3 is 4.90 Å². The van der Waals surface area contributed by atoms with E-state index in [9.17, 15) is 14.0 Å². The lowest BCUT2D eigenvalue weighted by Gasteiger charge is -2.34. The first kappa shape index (κ1) is 22.2. The fourth-order valence-corrected chi connectivity index (χ4v) is 4.28. The van der Waals surface area contributed by atoms with Crippen molar-refractivity contribution >= 4 is 23.3 Å². The number of benzene rings is 2. The molecule has 0 unspecified atom stereocenters. The summed E-state index contributed by atoms with van der Waals surface area (Å²) in [5.41, 5.74) is 2.79. The lowest BCUT2D eigenvalue weighted by atomic mass is 10.1. The summed E-state index contributed by atoms with van der Waals surface area (Å²) in [5.74, 6) is -1.42. The second kappa shape index (κ2) is 9.22. The number of amides is 1. The van der Waals surface area contributed by atoms with Crippen LogP contribution in [0.1, 0.15) is 27.3 Å². The lowest BCUT2D eigenvalue weighted by Crippen LogP contribution is -2.50. The maximum absolute atomic E-state index is 14.1. The van der Waals surface area contributed by atoms with Gasteiger partial charge in [0.2, 0.25) is 0 Å². The van der Waals surface area contributed by atoms with Crippen LogP contribution in [0.4, 0.5) is 4.39 Å². The summed E-state index contributed by atoms with van der Waals surface area (Å²) in [7, 11) is 0. The van der Waals surface area contributed by atoms with Crippen LogP contribution in [0.15, 0.2) is 48.5 Å². The number of halogens is 2. The van der Waals surface area contributed by atoms with E-state index in [1.54, 1.807) is 35.6 Å². The Morgan fingerprint density at radius 1 is 1.00 bits per heavy atom. The molecule has 1 amide bonds. The van der Waals surface area contributed by atoms with Crippen molar-refractivity contribution < 1.29 is 14.0 Å². The van der Waals surface area contributed by atoms with Crippen molar-refractivity contribution in [1.82, 2.24) is 19.6 Å². The van der Waals surface area contributed by atoms with Crippen LogP contribution >= 0.6 is 11.6 Å². The van der Waals surface area contributed by atoms with E-state index in [1.165, 1.54) is 6.07 Å². The Kier molecular flexibility index (Phi) is 6.39. The highest BCUT2D eigenvalue weighted by Gasteiger charge is 2.31. The van der Waals surface area contributed by atoms with Crippen LogP contribution in [0.3, 0.4) is 0 Å². The molecule has 0 bridgehead atoms. The van der Waals surface area contributed by atoms with Crippen molar-refractivity contribution in [3.8, 4) is 5.69 Å². The molecule has 6 nitrogen and oxygen atoms in total. The molecule has 32 heavy (non-hydrogen) atoms. The van der Waals surface area contributed by atoms with Gasteiger partial charge in [-0.1, -0.05) is 35.9 Å². The summed E-state index contributed by atoms with van der Waals surface area (Å²) >= 11 is 6.13. The average Bonchev–Trinajstić information content (AvgIpc) is 3.10. The summed E-state index contributed by atoms with van der Waals surface area (Å²) in [5, 5.41) is 4.86. The van der Waals surface area contributed by atoms with E-state index in [-0.39, 0.29) is 5.82 Å². The number of rotatable bonds is 5. The number of carbonyl (C=O) groups is 2. The zero-order valence-corrected chi connectivity index (χ0v) is 18.8. The molecule has 1 aromatic heterocycles. The second-order valence-electron chi connectivity index (χ2n) is 7.89. The van der Waals surface area contributed by atoms with Crippen LogP contribution < -0.4 is 0 Å². The van der Waals surface area contributed by atoms with Gasteiger partial charge in [0, 0.05) is 43.3 Å². The third-order valence-electron chi connectivity index (χ3n) is 5.82. The molecule has 166 valence electrons. The molecule has 0 atom stereocenters. The van der Waals surface area contributed by atoms with E-state index >= 15 is 0 Å². The van der Waals surface area contributed by atoms with E-state index in [2.05, 4.69) is 5.10 Å². The molecule has 8 heteroatoms. The van der Waals surface area contributed by atoms with Gasteiger partial charge in [0.15, 0.2) is 0 Å². The molecule has 0 aliphatic carbocycles. The molecule has 2 aromatic carbocycles. The van der Waals surface area contributed by atoms with Crippen LogP contribution in [0.25, 0.3) is 5.69 Å². The van der Waals surface area contributed by atoms with E-state index in [0.29, 0.717) is 60.3 Å². The van der Waals surface area contributed by atoms with Gasteiger partial charge in [0.25, 0.3) is 11.7 Å². The Labute approximate surface area is 191 Å². The first-order valence-electron chi connectivity index (χ1n) is 10.5. The van der Waals surface area contributed by atoms with Crippen molar-refractivity contribution in [2.75, 3.05) is 26.2 Å². The monoisotopic (exact) mass is 454 g/mol. The Hall–Kier alpha value is -3.03. The summed E-state index contributed by atoms with van der Waals surface area (Å²) in [6.45, 7) is 5.75. The topological polar surface area (TPSA) is 58.4 Å². The van der Waals surface area contributed by atoms with Gasteiger partial charge in [-0.25, -0.2) is 9.07 Å². The summed E-state index contributed by atoms with van der Waals surface area (Å²) in [4.78, 5) is 29.6. The van der Waals surface area contributed by atoms with Crippen molar-refractivity contribution in [2.24, 2.45) is 0 Å². The first-order valence-corrected chi connectivity index (χ1v) is 10.8. The van der Waals surface area contributed by atoms with Gasteiger partial charge in [-0.3, -0.25) is 14.5 Å². The van der Waals surface area contributed by atoms with Crippen molar-refractivity contribution in [3.63, 3.8) is 0 Å². The number of para-hydroxylation sites is 1. The molecule has 1 saturated heterocycles. The molecule has 1 fully saturated rings. The molecule has 0 radical (unpaired) electrons. The maximum Gasteiger partial charge on any atom is 0.295 e. The fraction of sp³-hybridized carbons (Fsp3) is 0.292. The van der Waals surface area contributed by atoms with E-state index in [0.717, 1.165) is 5.69 Å². The molecule has 0 spiro atoms. The molecule has 3 aromatic rings. The quantitative estimate of drug-likeness (QED) is 0.434. The van der Waals surface area contributed by atoms with Crippen LogP contribution in [-0.2, 0) is 11.3 Å². The molecular formula is C24H24ClFN4O2. The zero-order chi connectivity index (χ0) is 22.8. The summed E-state index contributed by atoms with van der Waals surface area (Å²) in [6, 6.07) is 14.1. The molecule has 1 aliphatic rings. The minimum Gasteiger partial charge on any atom is -0.333 e. The molecule has 0 N–H and O–H groups in total. The predicted octanol–water partition coefficient (Wildman–Crippen LogP) is 3.81. The van der Waals surface area contributed by atoms with Gasteiger partial charge in [-0.2, -0.15) is 5.10 Å². The smallest absolute Gasteiger partial charge is 0.295 e. The van der Waals surface area contributed by atoms with Gasteiger partial charge in [0.1, 0.15) is 5.82 Å². The van der Waals surface area contributed by atoms with Gasteiger partial charge in [-0.15, -0.1) is 0 Å². The van der Waals surface area contributed by atoms with E-state index in [4.69, 9.17) is 11.6 Å². The number of Topliss-reactive ketones (excluding diaryl/α,β-unsaturated/α-hetero) is 1. The van der Waals surface area contributed by atoms with Gasteiger partial charge in [-0.05, 0) is 38.1 Å². The number of carbonyl (C=O) groups excluding carboxylic acids is 2. The number of piperazine rings is 1. The number of hydrogen-bond acceptors (Lipinski definition) is 4. The van der Waals surface area contributed by atoms with Gasteiger partial charge in [0.05, 0.1) is 22.6 Å². The Morgan fingerprint density at radius 3 is 2.34 bits per heavy atom. The third kappa shape index (κ3) is 4.31. The Morgan fingerprint density at radius 2 is 1.69 bits per heavy atom. The SMILES string of the molecule is Cc1nn(-c2ccccc2)c(C)c1C(=O)C(=O)N1CCN(Cc2c(F)cccc2Cl)CC1. The summed E-state index contributed by atoms with van der Waals surface area (Å²) in [6.07, 6.45) is 0. The standard InChI is InChI=1S/C24H24ClFN4O2/c1-16-22(17(2)30(27-16)18-7-4-3-5-8-18)23(31)24(32)29-13-11-28(12-14-29)15-19-20(25)9-6-10-21(19)26/h3-10H,11-15H2,1-2H3. The fourth-order valence-electron chi connectivity index (χ4n) is 4.06. The number of aromatic nitrogens is 2. The first-order chi connectivity index (χ1) is 15.4. The molecule has 2 heterocycles.